The lowest BCUT2D eigenvalue weighted by Gasteiger charge is -2.50. The first-order chi connectivity index (χ1) is 24.1. The minimum absolute atomic E-state index is 0.00951. The van der Waals surface area contributed by atoms with Crippen molar-refractivity contribution in [2.75, 3.05) is 19.6 Å². The summed E-state index contributed by atoms with van der Waals surface area (Å²) in [5, 5.41) is 22.5. The van der Waals surface area contributed by atoms with Gasteiger partial charge in [0, 0.05) is 34.8 Å². The van der Waals surface area contributed by atoms with E-state index in [1.165, 1.54) is 38.5 Å². The van der Waals surface area contributed by atoms with Crippen molar-refractivity contribution in [2.45, 2.75) is 30.4 Å². The number of allylic oxidation sites excluding steroid dienone is 2. The summed E-state index contributed by atoms with van der Waals surface area (Å²) in [6.45, 7) is 0. The van der Waals surface area contributed by atoms with E-state index < -0.39 is 81.2 Å². The van der Waals surface area contributed by atoms with Crippen LogP contribution in [0.3, 0.4) is 0 Å². The molecular weight excluding hydrogens is 720 g/mol. The second-order valence-electron chi connectivity index (χ2n) is 12.7. The molecule has 2 aliphatic heterocycles. The van der Waals surface area contributed by atoms with Gasteiger partial charge in [-0.3, -0.25) is 29.8 Å². The molecule has 6 unspecified atom stereocenters. The van der Waals surface area contributed by atoms with Gasteiger partial charge in [0.25, 0.3) is 23.6 Å². The van der Waals surface area contributed by atoms with Crippen LogP contribution in [-0.4, -0.2) is 63.2 Å². The second kappa shape index (κ2) is 12.1. The highest BCUT2D eigenvalue weighted by Gasteiger charge is 2.71. The molecule has 7 rings (SSSR count). The molecule has 1 aromatic heterocycles. The van der Waals surface area contributed by atoms with E-state index in [0.717, 1.165) is 0 Å². The van der Waals surface area contributed by atoms with Gasteiger partial charge in [-0.05, 0) is 42.5 Å². The number of carbonyl (C=O) groups is 4. The fourth-order valence-corrected chi connectivity index (χ4v) is 8.58. The quantitative estimate of drug-likeness (QED) is 0.167. The van der Waals surface area contributed by atoms with Gasteiger partial charge < -0.3 is 14.6 Å². The third kappa shape index (κ3) is 5.04. The van der Waals surface area contributed by atoms with E-state index in [1.54, 1.807) is 18.2 Å². The number of pyridine rings is 1. The van der Waals surface area contributed by atoms with Crippen molar-refractivity contribution in [1.29, 1.82) is 0 Å². The van der Waals surface area contributed by atoms with E-state index in [0.29, 0.717) is 27.9 Å². The highest BCUT2D eigenvalue weighted by Crippen LogP contribution is 2.66. The number of ether oxygens (including phenoxy) is 2. The molecule has 3 aromatic rings. The minimum atomic E-state index is -4.78. The van der Waals surface area contributed by atoms with E-state index in [9.17, 15) is 37.9 Å². The van der Waals surface area contributed by atoms with Crippen LogP contribution < -0.4 is 14.9 Å². The number of rotatable bonds is 6. The molecule has 17 heteroatoms. The molecule has 2 saturated heterocycles. The lowest BCUT2D eigenvalue weighted by atomic mass is 9.49. The van der Waals surface area contributed by atoms with Gasteiger partial charge in [-0.15, -0.1) is 0 Å². The van der Waals surface area contributed by atoms with Crippen molar-refractivity contribution >= 4 is 52.6 Å². The molecule has 266 valence electrons. The number of aromatic hydroxyl groups is 1. The smallest absolute Gasteiger partial charge is 0.417 e. The number of nitrogens with one attached hydrogen (secondary N) is 1. The number of hydrazine groups is 1. The Kier molecular flexibility index (Phi) is 8.23. The number of aromatic nitrogens is 1. The third-order valence-electron chi connectivity index (χ3n) is 10.4. The number of methoxy groups -OCH3 is 2. The van der Waals surface area contributed by atoms with Crippen molar-refractivity contribution in [3.05, 3.63) is 87.0 Å². The predicted octanol–water partition coefficient (Wildman–Crippen LogP) is 5.50. The van der Waals surface area contributed by atoms with Crippen LogP contribution in [0.2, 0.25) is 10.0 Å². The molecule has 51 heavy (non-hydrogen) atoms. The average Bonchev–Trinajstić information content (AvgIpc) is 3.45. The molecular formula is C34H27Cl2F3N4O8. The number of hydrogen-bond acceptors (Lipinski definition) is 10. The van der Waals surface area contributed by atoms with Crippen molar-refractivity contribution in [3.63, 3.8) is 0 Å². The predicted molar refractivity (Wildman–Crippen MR) is 172 cm³/mol. The number of benzene rings is 2. The van der Waals surface area contributed by atoms with Crippen LogP contribution >= 0.6 is 23.2 Å². The molecule has 4 amide bonds. The Balaban J connectivity index is 1.49. The van der Waals surface area contributed by atoms with Crippen LogP contribution in [0.4, 0.5) is 19.0 Å². The number of anilines is 1. The van der Waals surface area contributed by atoms with Crippen LogP contribution in [-0.2, 0) is 30.8 Å². The molecule has 12 nitrogen and oxygen atoms in total. The zero-order chi connectivity index (χ0) is 36.7. The second-order valence-corrected chi connectivity index (χ2v) is 13.5. The number of phenols is 1. The van der Waals surface area contributed by atoms with E-state index in [-0.39, 0.29) is 46.3 Å². The molecule has 3 fully saturated rings. The minimum Gasteiger partial charge on any atom is -0.507 e. The van der Waals surface area contributed by atoms with Gasteiger partial charge in [0.1, 0.15) is 17.2 Å². The van der Waals surface area contributed by atoms with Crippen molar-refractivity contribution in [2.24, 2.45) is 23.7 Å². The molecule has 0 bridgehead atoms. The van der Waals surface area contributed by atoms with Gasteiger partial charge in [0.2, 0.25) is 0 Å². The van der Waals surface area contributed by atoms with E-state index in [1.807, 2.05) is 0 Å². The van der Waals surface area contributed by atoms with Crippen molar-refractivity contribution in [3.8, 4) is 17.2 Å². The Morgan fingerprint density at radius 1 is 0.980 bits per heavy atom. The molecule has 2 aliphatic carbocycles. The monoisotopic (exact) mass is 746 g/mol. The molecule has 0 radical (unpaired) electrons. The average molecular weight is 748 g/mol. The maximum absolute atomic E-state index is 15.2. The number of alkyl halides is 3. The first-order valence-electron chi connectivity index (χ1n) is 15.5. The summed E-state index contributed by atoms with van der Waals surface area (Å²) in [6.07, 6.45) is -2.80. The Hall–Kier alpha value is -4.86. The largest absolute Gasteiger partial charge is 0.507 e. The Bertz CT molecular complexity index is 2040. The first-order valence-corrected chi connectivity index (χ1v) is 16.3. The van der Waals surface area contributed by atoms with Gasteiger partial charge in [0.15, 0.2) is 5.82 Å². The number of hydroxylamine groups is 2. The summed E-state index contributed by atoms with van der Waals surface area (Å²) in [7, 11) is 2.69. The molecule has 2 aromatic carbocycles. The van der Waals surface area contributed by atoms with Crippen molar-refractivity contribution < 1.29 is 52.1 Å². The summed E-state index contributed by atoms with van der Waals surface area (Å²) in [4.78, 5) is 60.0. The Morgan fingerprint density at radius 2 is 1.69 bits per heavy atom. The first kappa shape index (κ1) is 34.6. The molecule has 4 aliphatic rings. The fourth-order valence-electron chi connectivity index (χ4n) is 8.24. The SMILES string of the molecule is COc1cc(O)c(C2C3=CCC4C(=O)N(O)C(=O)C4C3CC3C(=O)N(Nc4ncc(C(F)(F)F)cc4Cl)C(=O)C32c2ccc(Cl)cc2)c(OC)c1. The lowest BCUT2D eigenvalue weighted by Crippen LogP contribution is -2.53. The number of fused-ring (bicyclic) bond motifs is 4. The number of phenolic OH excluding ortho intramolecular Hbond substituents is 1. The maximum Gasteiger partial charge on any atom is 0.417 e. The molecule has 3 N–H and O–H groups in total. The molecule has 3 heterocycles. The van der Waals surface area contributed by atoms with Crippen LogP contribution in [0.15, 0.2) is 60.3 Å². The van der Waals surface area contributed by atoms with Crippen LogP contribution in [0.25, 0.3) is 0 Å². The Labute approximate surface area is 297 Å². The molecule has 1 saturated carbocycles. The number of hydrogen-bond donors (Lipinski definition) is 3. The van der Waals surface area contributed by atoms with Gasteiger partial charge >= 0.3 is 6.18 Å². The number of carbonyl (C=O) groups excluding carboxylic acids is 4. The number of amides is 4. The fraction of sp³-hybridized carbons (Fsp3) is 0.324. The van der Waals surface area contributed by atoms with Gasteiger partial charge in [-0.2, -0.15) is 23.2 Å². The third-order valence-corrected chi connectivity index (χ3v) is 10.9. The summed E-state index contributed by atoms with van der Waals surface area (Å²) < 4.78 is 51.3. The highest BCUT2D eigenvalue weighted by molar-refractivity contribution is 6.33. The standard InChI is InChI=1S/C34H27Cl2F3N4O8/c1-50-17-10-23(44)26(24(11-17)51-2)27-18-7-8-19-25(31(47)43(49)29(19)45)20(18)12-21-30(46)42(32(48)33(21,27)14-3-5-16(35)6-4-14)41-28-22(36)9-15(13-40-28)34(37,38)39/h3-7,9-11,13,19-21,25,27,44,49H,8,12H2,1-2H3,(H,40,41). The summed E-state index contributed by atoms with van der Waals surface area (Å²) in [5.74, 6) is -9.56. The summed E-state index contributed by atoms with van der Waals surface area (Å²) >= 11 is 12.5. The maximum atomic E-state index is 15.2. The van der Waals surface area contributed by atoms with Gasteiger partial charge in [-0.25, -0.2) is 4.98 Å². The summed E-state index contributed by atoms with van der Waals surface area (Å²) in [5.41, 5.74) is 0.190. The topological polar surface area (TPSA) is 159 Å². The van der Waals surface area contributed by atoms with Crippen LogP contribution in [0.1, 0.15) is 35.4 Å². The van der Waals surface area contributed by atoms with Gasteiger partial charge in [-0.1, -0.05) is 47.0 Å². The van der Waals surface area contributed by atoms with Crippen LogP contribution in [0.5, 0.6) is 17.2 Å². The van der Waals surface area contributed by atoms with Crippen molar-refractivity contribution in [1.82, 2.24) is 15.1 Å². The number of halogens is 5. The highest BCUT2D eigenvalue weighted by atomic mass is 35.5. The Morgan fingerprint density at radius 3 is 2.31 bits per heavy atom. The van der Waals surface area contributed by atoms with E-state index in [4.69, 9.17) is 32.7 Å². The van der Waals surface area contributed by atoms with Gasteiger partial charge in [0.05, 0.1) is 48.0 Å². The molecule has 0 spiro atoms. The lowest BCUT2D eigenvalue weighted by molar-refractivity contribution is -0.173. The zero-order valence-electron chi connectivity index (χ0n) is 26.6. The number of imide groups is 2. The van der Waals surface area contributed by atoms with E-state index in [2.05, 4.69) is 10.4 Å². The zero-order valence-corrected chi connectivity index (χ0v) is 28.1. The number of nitrogens with zero attached hydrogens (tertiary/aromatic N) is 3. The van der Waals surface area contributed by atoms with E-state index >= 15 is 4.79 Å². The normalized spacial score (nSPS) is 27.2. The van der Waals surface area contributed by atoms with Crippen LogP contribution in [0, 0.1) is 23.7 Å². The summed E-state index contributed by atoms with van der Waals surface area (Å²) in [6, 6.07) is 9.45. The molecule has 6 atom stereocenters.